The van der Waals surface area contributed by atoms with E-state index >= 15 is 0 Å². The Hall–Kier alpha value is -1.50. The monoisotopic (exact) mass is 266 g/mol. The molecule has 2 heterocycles. The molecule has 0 radical (unpaired) electrons. The highest BCUT2D eigenvalue weighted by atomic mass is 16.2. The van der Waals surface area contributed by atoms with Crippen molar-refractivity contribution in [2.24, 2.45) is 13.0 Å². The molecule has 1 fully saturated rings. The largest absolute Gasteiger partial charge is 0.338 e. The van der Waals surface area contributed by atoms with Crippen LogP contribution in [0.4, 0.5) is 0 Å². The van der Waals surface area contributed by atoms with E-state index in [2.05, 4.69) is 20.8 Å². The number of tetrazole rings is 1. The van der Waals surface area contributed by atoms with Crippen LogP contribution in [0.3, 0.4) is 0 Å². The first-order chi connectivity index (χ1) is 9.16. The summed E-state index contributed by atoms with van der Waals surface area (Å²) in [4.78, 5) is 13.8. The van der Waals surface area contributed by atoms with E-state index in [4.69, 9.17) is 0 Å². The van der Waals surface area contributed by atoms with Gasteiger partial charge in [0.1, 0.15) is 0 Å². The molecule has 0 unspecified atom stereocenters. The van der Waals surface area contributed by atoms with Crippen LogP contribution in [-0.4, -0.2) is 51.2 Å². The summed E-state index contributed by atoms with van der Waals surface area (Å²) in [5.41, 5.74) is 0. The molecule has 1 N–H and O–H groups in total. The lowest BCUT2D eigenvalue weighted by atomic mass is 9.93. The predicted molar refractivity (Wildman–Crippen MR) is 70.1 cm³/mol. The van der Waals surface area contributed by atoms with Crippen LogP contribution >= 0.6 is 0 Å². The minimum Gasteiger partial charge on any atom is -0.338 e. The van der Waals surface area contributed by atoms with Crippen molar-refractivity contribution in [3.63, 3.8) is 0 Å². The second-order valence-electron chi connectivity index (χ2n) is 5.20. The molecular formula is C12H22N6O. The van der Waals surface area contributed by atoms with Crippen molar-refractivity contribution >= 4 is 5.91 Å². The molecule has 0 atom stereocenters. The standard InChI is InChI=1S/C12H22N6O/c1-17(9-11-14-15-16-18(11)2)12(19)4-3-10-5-7-13-8-6-10/h10,13H,3-9H2,1-2H3. The average molecular weight is 266 g/mol. The summed E-state index contributed by atoms with van der Waals surface area (Å²) in [7, 11) is 3.59. The van der Waals surface area contributed by atoms with Gasteiger partial charge in [-0.25, -0.2) is 4.68 Å². The van der Waals surface area contributed by atoms with E-state index in [9.17, 15) is 4.79 Å². The highest BCUT2D eigenvalue weighted by molar-refractivity contribution is 5.75. The molecule has 0 bridgehead atoms. The first-order valence-electron chi connectivity index (χ1n) is 6.82. The summed E-state index contributed by atoms with van der Waals surface area (Å²) in [6.07, 6.45) is 3.97. The number of nitrogens with zero attached hydrogens (tertiary/aromatic N) is 5. The van der Waals surface area contributed by atoms with Crippen molar-refractivity contribution in [2.75, 3.05) is 20.1 Å². The molecule has 1 aliphatic rings. The lowest BCUT2D eigenvalue weighted by molar-refractivity contribution is -0.130. The maximum atomic E-state index is 12.1. The Balaban J connectivity index is 1.74. The number of amides is 1. The van der Waals surface area contributed by atoms with Gasteiger partial charge in [0.05, 0.1) is 6.54 Å². The zero-order valence-electron chi connectivity index (χ0n) is 11.7. The van der Waals surface area contributed by atoms with Crippen LogP contribution in [-0.2, 0) is 18.4 Å². The summed E-state index contributed by atoms with van der Waals surface area (Å²) in [5, 5.41) is 14.6. The Bertz CT molecular complexity index is 412. The maximum Gasteiger partial charge on any atom is 0.222 e. The van der Waals surface area contributed by atoms with Crippen molar-refractivity contribution in [3.05, 3.63) is 5.82 Å². The fourth-order valence-corrected chi connectivity index (χ4v) is 2.37. The number of carbonyl (C=O) groups excluding carboxylic acids is 1. The van der Waals surface area contributed by atoms with Crippen molar-refractivity contribution in [2.45, 2.75) is 32.2 Å². The van der Waals surface area contributed by atoms with E-state index < -0.39 is 0 Å². The third kappa shape index (κ3) is 3.99. The first kappa shape index (κ1) is 13.9. The summed E-state index contributed by atoms with van der Waals surface area (Å²) in [5.74, 6) is 1.56. The number of aryl methyl sites for hydroxylation is 1. The van der Waals surface area contributed by atoms with E-state index in [1.807, 2.05) is 0 Å². The molecule has 2 rings (SSSR count). The molecular weight excluding hydrogens is 244 g/mol. The minimum atomic E-state index is 0.168. The lowest BCUT2D eigenvalue weighted by Gasteiger charge is -2.23. The van der Waals surface area contributed by atoms with Gasteiger partial charge in [-0.15, -0.1) is 5.10 Å². The second kappa shape index (κ2) is 6.60. The topological polar surface area (TPSA) is 75.9 Å². The van der Waals surface area contributed by atoms with E-state index in [1.54, 1.807) is 23.7 Å². The molecule has 106 valence electrons. The highest BCUT2D eigenvalue weighted by Crippen LogP contribution is 2.18. The van der Waals surface area contributed by atoms with Crippen LogP contribution in [0.5, 0.6) is 0 Å². The van der Waals surface area contributed by atoms with Crippen LogP contribution < -0.4 is 5.32 Å². The minimum absolute atomic E-state index is 0.168. The van der Waals surface area contributed by atoms with E-state index in [-0.39, 0.29) is 5.91 Å². The number of hydrogen-bond acceptors (Lipinski definition) is 5. The Morgan fingerprint density at radius 3 is 2.84 bits per heavy atom. The molecule has 0 spiro atoms. The van der Waals surface area contributed by atoms with Gasteiger partial charge in [-0.1, -0.05) is 0 Å². The average Bonchev–Trinajstić information content (AvgIpc) is 2.82. The third-order valence-electron chi connectivity index (χ3n) is 3.74. The summed E-state index contributed by atoms with van der Waals surface area (Å²) in [6.45, 7) is 2.63. The van der Waals surface area contributed by atoms with E-state index in [0.717, 1.165) is 19.5 Å². The Morgan fingerprint density at radius 1 is 1.47 bits per heavy atom. The summed E-state index contributed by atoms with van der Waals surface area (Å²) in [6, 6.07) is 0. The number of carbonyl (C=O) groups is 1. The van der Waals surface area contributed by atoms with Crippen molar-refractivity contribution in [1.29, 1.82) is 0 Å². The normalized spacial score (nSPS) is 16.5. The van der Waals surface area contributed by atoms with Crippen molar-refractivity contribution in [3.8, 4) is 0 Å². The molecule has 1 saturated heterocycles. The van der Waals surface area contributed by atoms with Crippen LogP contribution in [0.2, 0.25) is 0 Å². The Morgan fingerprint density at radius 2 is 2.21 bits per heavy atom. The van der Waals surface area contributed by atoms with Gasteiger partial charge >= 0.3 is 0 Å². The van der Waals surface area contributed by atoms with Crippen LogP contribution in [0.1, 0.15) is 31.5 Å². The Labute approximate surface area is 113 Å². The molecule has 7 nitrogen and oxygen atoms in total. The van der Waals surface area contributed by atoms with Gasteiger partial charge in [-0.05, 0) is 48.7 Å². The maximum absolute atomic E-state index is 12.1. The number of rotatable bonds is 5. The Kier molecular flexibility index (Phi) is 4.84. The highest BCUT2D eigenvalue weighted by Gasteiger charge is 2.17. The smallest absolute Gasteiger partial charge is 0.222 e. The van der Waals surface area contributed by atoms with Crippen LogP contribution in [0, 0.1) is 5.92 Å². The molecule has 1 aromatic rings. The SMILES string of the molecule is CN(Cc1nnnn1C)C(=O)CCC1CCNCC1. The van der Waals surface area contributed by atoms with Crippen molar-refractivity contribution in [1.82, 2.24) is 30.4 Å². The number of nitrogens with one attached hydrogen (secondary N) is 1. The quantitative estimate of drug-likeness (QED) is 0.808. The van der Waals surface area contributed by atoms with Gasteiger partial charge in [0, 0.05) is 20.5 Å². The van der Waals surface area contributed by atoms with E-state index in [1.165, 1.54) is 12.8 Å². The number of piperidine rings is 1. The molecule has 7 heteroatoms. The number of hydrogen-bond donors (Lipinski definition) is 1. The summed E-state index contributed by atoms with van der Waals surface area (Å²) >= 11 is 0. The van der Waals surface area contributed by atoms with Crippen LogP contribution in [0.15, 0.2) is 0 Å². The van der Waals surface area contributed by atoms with Gasteiger partial charge in [0.25, 0.3) is 0 Å². The molecule has 0 saturated carbocycles. The van der Waals surface area contributed by atoms with Crippen molar-refractivity contribution < 1.29 is 4.79 Å². The third-order valence-corrected chi connectivity index (χ3v) is 3.74. The fraction of sp³-hybridized carbons (Fsp3) is 0.833. The van der Waals surface area contributed by atoms with Gasteiger partial charge in [0.2, 0.25) is 5.91 Å². The molecule has 0 aliphatic carbocycles. The van der Waals surface area contributed by atoms with Crippen LogP contribution in [0.25, 0.3) is 0 Å². The molecule has 1 amide bonds. The molecule has 0 aromatic carbocycles. The zero-order valence-corrected chi connectivity index (χ0v) is 11.7. The van der Waals surface area contributed by atoms with Gasteiger partial charge in [-0.3, -0.25) is 4.79 Å². The van der Waals surface area contributed by atoms with Gasteiger partial charge in [-0.2, -0.15) is 0 Å². The summed E-state index contributed by atoms with van der Waals surface area (Å²) < 4.78 is 1.59. The lowest BCUT2D eigenvalue weighted by Crippen LogP contribution is -2.30. The fourth-order valence-electron chi connectivity index (χ4n) is 2.37. The molecule has 1 aliphatic heterocycles. The van der Waals surface area contributed by atoms with E-state index in [0.29, 0.717) is 24.7 Å². The van der Waals surface area contributed by atoms with Gasteiger partial charge < -0.3 is 10.2 Å². The number of aromatic nitrogens is 4. The van der Waals surface area contributed by atoms with Gasteiger partial charge in [0.15, 0.2) is 5.82 Å². The molecule has 1 aromatic heterocycles. The molecule has 19 heavy (non-hydrogen) atoms. The zero-order chi connectivity index (χ0) is 13.7. The second-order valence-corrected chi connectivity index (χ2v) is 5.20. The predicted octanol–water partition coefficient (Wildman–Crippen LogP) is -0.0517. The first-order valence-corrected chi connectivity index (χ1v) is 6.82.